The van der Waals surface area contributed by atoms with Gasteiger partial charge >= 0.3 is 0 Å². The van der Waals surface area contributed by atoms with E-state index in [0.717, 1.165) is 12.7 Å². The summed E-state index contributed by atoms with van der Waals surface area (Å²) in [6.45, 7) is 0. The zero-order valence-corrected chi connectivity index (χ0v) is 6.30. The summed E-state index contributed by atoms with van der Waals surface area (Å²) in [6.07, 6.45) is 5.06. The predicted molar refractivity (Wildman–Crippen MR) is 43.2 cm³/mol. The first-order valence-corrected chi connectivity index (χ1v) is 3.94. The van der Waals surface area contributed by atoms with Crippen LogP contribution in [0.2, 0.25) is 0 Å². The van der Waals surface area contributed by atoms with E-state index in [9.17, 15) is 4.79 Å². The average Bonchev–Trinajstić information content (AvgIpc) is 2.41. The zero-order chi connectivity index (χ0) is 7.23. The Morgan fingerprint density at radius 1 is 1.60 bits per heavy atom. The Balaban J connectivity index is 2.41. The van der Waals surface area contributed by atoms with Gasteiger partial charge in [0, 0.05) is 11.3 Å². The second-order valence-corrected chi connectivity index (χ2v) is 2.88. The molecule has 1 aromatic heterocycles. The van der Waals surface area contributed by atoms with Crippen molar-refractivity contribution in [3.05, 3.63) is 34.5 Å². The van der Waals surface area contributed by atoms with Gasteiger partial charge in [-0.05, 0) is 17.5 Å². The molecule has 0 aromatic carbocycles. The minimum Gasteiger partial charge on any atom is -0.299 e. The van der Waals surface area contributed by atoms with E-state index >= 15 is 0 Å². The molecule has 0 aliphatic heterocycles. The van der Waals surface area contributed by atoms with Gasteiger partial charge in [-0.15, -0.1) is 11.3 Å². The Hall–Kier alpha value is -0.890. The summed E-state index contributed by atoms with van der Waals surface area (Å²) in [5.74, 6) is 0. The zero-order valence-electron chi connectivity index (χ0n) is 5.49. The fraction of sp³-hybridized carbons (Fsp3) is 0.125. The van der Waals surface area contributed by atoms with E-state index in [1.54, 1.807) is 11.3 Å². The molecule has 0 bridgehead atoms. The van der Waals surface area contributed by atoms with Gasteiger partial charge in [0.25, 0.3) is 0 Å². The van der Waals surface area contributed by atoms with Gasteiger partial charge in [-0.3, -0.25) is 4.79 Å². The van der Waals surface area contributed by atoms with E-state index in [1.807, 2.05) is 17.5 Å². The van der Waals surface area contributed by atoms with Crippen LogP contribution in [-0.4, -0.2) is 6.29 Å². The number of allylic oxidation sites excluding steroid dienone is 2. The van der Waals surface area contributed by atoms with Crippen LogP contribution in [0.5, 0.6) is 0 Å². The number of thiophene rings is 1. The van der Waals surface area contributed by atoms with E-state index in [4.69, 9.17) is 0 Å². The molecule has 0 N–H and O–H groups in total. The Labute approximate surface area is 64.0 Å². The minimum absolute atomic E-state index is 0.799. The van der Waals surface area contributed by atoms with Crippen molar-refractivity contribution in [3.8, 4) is 0 Å². The molecule has 1 rings (SSSR count). The number of aldehydes is 1. The third kappa shape index (κ3) is 2.15. The molecule has 0 aliphatic carbocycles. The Kier molecular flexibility index (Phi) is 2.90. The van der Waals surface area contributed by atoms with E-state index < -0.39 is 0 Å². The molecule has 1 aromatic rings. The number of carbonyl (C=O) groups is 1. The van der Waals surface area contributed by atoms with Crippen molar-refractivity contribution in [2.45, 2.75) is 6.42 Å². The molecule has 0 unspecified atom stereocenters. The van der Waals surface area contributed by atoms with Gasteiger partial charge < -0.3 is 0 Å². The Morgan fingerprint density at radius 3 is 3.10 bits per heavy atom. The van der Waals surface area contributed by atoms with Gasteiger partial charge in [0.2, 0.25) is 0 Å². The van der Waals surface area contributed by atoms with Crippen LogP contribution in [-0.2, 0) is 11.2 Å². The minimum atomic E-state index is 0.799. The molecule has 0 spiro atoms. The lowest BCUT2D eigenvalue weighted by molar-refractivity contribution is -0.104. The molecular weight excluding hydrogens is 144 g/mol. The lowest BCUT2D eigenvalue weighted by Crippen LogP contribution is -1.70. The van der Waals surface area contributed by atoms with E-state index in [-0.39, 0.29) is 0 Å². The summed E-state index contributed by atoms with van der Waals surface area (Å²) in [6, 6.07) is 4.06. The first-order chi connectivity index (χ1) is 4.93. The number of carbonyl (C=O) groups excluding carboxylic acids is 1. The molecule has 0 atom stereocenters. The molecule has 0 saturated heterocycles. The van der Waals surface area contributed by atoms with Crippen molar-refractivity contribution in [3.63, 3.8) is 0 Å². The fourth-order valence-corrected chi connectivity index (χ4v) is 1.35. The molecular formula is C8H8OS. The SMILES string of the molecule is O=C/C=C/Cc1cccs1. The smallest absolute Gasteiger partial charge is 0.142 e. The van der Waals surface area contributed by atoms with Crippen molar-refractivity contribution in [2.24, 2.45) is 0 Å². The summed E-state index contributed by atoms with van der Waals surface area (Å²) in [4.78, 5) is 11.1. The van der Waals surface area contributed by atoms with E-state index in [1.165, 1.54) is 11.0 Å². The maximum absolute atomic E-state index is 9.85. The topological polar surface area (TPSA) is 17.1 Å². The van der Waals surface area contributed by atoms with E-state index in [0.29, 0.717) is 0 Å². The quantitative estimate of drug-likeness (QED) is 0.478. The molecule has 0 radical (unpaired) electrons. The molecule has 0 saturated carbocycles. The highest BCUT2D eigenvalue weighted by Gasteiger charge is 1.86. The lowest BCUT2D eigenvalue weighted by Gasteiger charge is -1.83. The van der Waals surface area contributed by atoms with Crippen LogP contribution in [0.3, 0.4) is 0 Å². The highest BCUT2D eigenvalue weighted by atomic mass is 32.1. The van der Waals surface area contributed by atoms with Crippen LogP contribution < -0.4 is 0 Å². The maximum atomic E-state index is 9.85. The first kappa shape index (κ1) is 7.22. The maximum Gasteiger partial charge on any atom is 0.142 e. The largest absolute Gasteiger partial charge is 0.299 e. The molecule has 2 heteroatoms. The average molecular weight is 152 g/mol. The monoisotopic (exact) mass is 152 g/mol. The fourth-order valence-electron chi connectivity index (χ4n) is 0.668. The molecule has 0 amide bonds. The van der Waals surface area contributed by atoms with Crippen molar-refractivity contribution < 1.29 is 4.79 Å². The Bertz CT molecular complexity index is 211. The van der Waals surface area contributed by atoms with Gasteiger partial charge in [-0.2, -0.15) is 0 Å². The summed E-state index contributed by atoms with van der Waals surface area (Å²) in [7, 11) is 0. The summed E-state index contributed by atoms with van der Waals surface area (Å²) < 4.78 is 0. The van der Waals surface area contributed by atoms with Crippen LogP contribution in [0.15, 0.2) is 29.7 Å². The van der Waals surface area contributed by atoms with Gasteiger partial charge in [0.15, 0.2) is 0 Å². The van der Waals surface area contributed by atoms with Crippen LogP contribution in [0, 0.1) is 0 Å². The van der Waals surface area contributed by atoms with Crippen molar-refractivity contribution in [2.75, 3.05) is 0 Å². The highest BCUT2D eigenvalue weighted by molar-refractivity contribution is 7.09. The third-order valence-electron chi connectivity index (χ3n) is 1.11. The predicted octanol–water partition coefficient (Wildman–Crippen LogP) is 2.05. The summed E-state index contributed by atoms with van der Waals surface area (Å²) in [5, 5.41) is 2.03. The van der Waals surface area contributed by atoms with Gasteiger partial charge in [0.05, 0.1) is 0 Å². The van der Waals surface area contributed by atoms with Crippen molar-refractivity contribution >= 4 is 17.6 Å². The second-order valence-electron chi connectivity index (χ2n) is 1.85. The highest BCUT2D eigenvalue weighted by Crippen LogP contribution is 2.08. The van der Waals surface area contributed by atoms with Crippen LogP contribution >= 0.6 is 11.3 Å². The van der Waals surface area contributed by atoms with Crippen LogP contribution in [0.1, 0.15) is 4.88 Å². The van der Waals surface area contributed by atoms with Crippen LogP contribution in [0.4, 0.5) is 0 Å². The number of hydrogen-bond donors (Lipinski definition) is 0. The summed E-state index contributed by atoms with van der Waals surface area (Å²) in [5.41, 5.74) is 0. The van der Waals surface area contributed by atoms with Gasteiger partial charge in [0.1, 0.15) is 6.29 Å². The second kappa shape index (κ2) is 4.01. The molecule has 52 valence electrons. The molecule has 0 aliphatic rings. The van der Waals surface area contributed by atoms with Gasteiger partial charge in [-0.1, -0.05) is 12.1 Å². The first-order valence-electron chi connectivity index (χ1n) is 3.06. The summed E-state index contributed by atoms with van der Waals surface area (Å²) >= 11 is 1.71. The Morgan fingerprint density at radius 2 is 2.50 bits per heavy atom. The molecule has 0 fully saturated rings. The van der Waals surface area contributed by atoms with Gasteiger partial charge in [-0.25, -0.2) is 0 Å². The number of rotatable bonds is 3. The number of hydrogen-bond acceptors (Lipinski definition) is 2. The van der Waals surface area contributed by atoms with E-state index in [2.05, 4.69) is 6.07 Å². The van der Waals surface area contributed by atoms with Crippen LogP contribution in [0.25, 0.3) is 0 Å². The molecule has 1 nitrogen and oxygen atoms in total. The third-order valence-corrected chi connectivity index (χ3v) is 2.01. The standard InChI is InChI=1S/C8H8OS/c9-6-2-1-4-8-5-3-7-10-8/h1-3,5-7H,4H2/b2-1+. The normalized spacial score (nSPS) is 10.4. The molecule has 1 heterocycles. The van der Waals surface area contributed by atoms with Crippen molar-refractivity contribution in [1.29, 1.82) is 0 Å². The lowest BCUT2D eigenvalue weighted by atomic mass is 10.3. The molecule has 10 heavy (non-hydrogen) atoms. The van der Waals surface area contributed by atoms with Crippen molar-refractivity contribution in [1.82, 2.24) is 0 Å².